The highest BCUT2D eigenvalue weighted by Gasteiger charge is 1.94. The summed E-state index contributed by atoms with van der Waals surface area (Å²) in [6.07, 6.45) is 2.63. The van der Waals surface area contributed by atoms with Gasteiger partial charge in [0.15, 0.2) is 0 Å². The second kappa shape index (κ2) is 2.36. The second-order valence-corrected chi connectivity index (χ2v) is 1.46. The molecule has 9 heavy (non-hydrogen) atoms. The molecule has 0 aliphatic heterocycles. The van der Waals surface area contributed by atoms with Crippen molar-refractivity contribution in [3.8, 4) is 0 Å². The maximum Gasteiger partial charge on any atom is 0.252 e. The van der Waals surface area contributed by atoms with Crippen molar-refractivity contribution in [3.05, 3.63) is 12.7 Å². The highest BCUT2D eigenvalue weighted by Crippen LogP contribution is 1.94. The van der Waals surface area contributed by atoms with Crippen LogP contribution in [0.15, 0.2) is 12.7 Å². The van der Waals surface area contributed by atoms with Gasteiger partial charge in [-0.25, -0.2) is 10.0 Å². The second-order valence-electron chi connectivity index (χ2n) is 1.46. The third-order valence-corrected chi connectivity index (χ3v) is 0.769. The van der Waals surface area contributed by atoms with Crippen molar-refractivity contribution in [1.29, 1.82) is 0 Å². The Bertz CT molecular complexity index is 175. The van der Waals surface area contributed by atoms with Crippen LogP contribution in [0.3, 0.4) is 0 Å². The van der Waals surface area contributed by atoms with Crippen LogP contribution in [0, 0.1) is 0 Å². The minimum absolute atomic E-state index is 0.241. The van der Waals surface area contributed by atoms with Crippen molar-refractivity contribution < 1.29 is 5.21 Å². The lowest BCUT2D eigenvalue weighted by molar-refractivity contribution is 0.272. The Labute approximate surface area is 52.0 Å². The van der Waals surface area contributed by atoms with E-state index in [1.165, 1.54) is 19.7 Å². The van der Waals surface area contributed by atoms with E-state index in [0.29, 0.717) is 0 Å². The topological polar surface area (TPSA) is 62.1 Å². The Morgan fingerprint density at radius 1 is 1.44 bits per heavy atom. The van der Waals surface area contributed by atoms with Crippen LogP contribution in [0.2, 0.25) is 0 Å². The largest absolute Gasteiger partial charge is 0.286 e. The molecule has 0 atom stereocenters. The predicted molar refractivity (Wildman–Crippen MR) is 30.0 cm³/mol. The van der Waals surface area contributed by atoms with E-state index in [4.69, 9.17) is 5.21 Å². The standard InChI is InChI=1S/C4H6N4O/c1-8(9)4-6-2-5-3-7-4/h2-3,9H,1H3. The van der Waals surface area contributed by atoms with Crippen molar-refractivity contribution in [1.82, 2.24) is 15.0 Å². The van der Waals surface area contributed by atoms with Crippen LogP contribution >= 0.6 is 0 Å². The molecule has 0 unspecified atom stereocenters. The molecule has 0 saturated carbocycles. The number of hydroxylamine groups is 1. The van der Waals surface area contributed by atoms with Gasteiger partial charge in [0.1, 0.15) is 12.7 Å². The number of anilines is 1. The lowest BCUT2D eigenvalue weighted by Crippen LogP contribution is -2.13. The molecule has 5 nitrogen and oxygen atoms in total. The molecule has 1 N–H and O–H groups in total. The summed E-state index contributed by atoms with van der Waals surface area (Å²) in [7, 11) is 1.44. The van der Waals surface area contributed by atoms with E-state index in [9.17, 15) is 0 Å². The van der Waals surface area contributed by atoms with Gasteiger partial charge in [0.25, 0.3) is 5.95 Å². The summed E-state index contributed by atoms with van der Waals surface area (Å²) in [5, 5.41) is 9.53. The molecule has 0 amide bonds. The van der Waals surface area contributed by atoms with Gasteiger partial charge in [0, 0.05) is 7.05 Å². The van der Waals surface area contributed by atoms with Gasteiger partial charge in [-0.15, -0.1) is 0 Å². The van der Waals surface area contributed by atoms with Gasteiger partial charge in [-0.05, 0) is 0 Å². The first-order valence-corrected chi connectivity index (χ1v) is 2.35. The highest BCUT2D eigenvalue weighted by molar-refractivity contribution is 5.18. The number of nitrogens with zero attached hydrogens (tertiary/aromatic N) is 4. The summed E-state index contributed by atoms with van der Waals surface area (Å²) in [4.78, 5) is 10.8. The molecular weight excluding hydrogens is 120 g/mol. The van der Waals surface area contributed by atoms with Crippen LogP contribution in [0.25, 0.3) is 0 Å². The molecule has 0 aliphatic rings. The molecule has 0 aromatic carbocycles. The Hall–Kier alpha value is -1.23. The summed E-state index contributed by atoms with van der Waals surface area (Å²) in [6.45, 7) is 0. The highest BCUT2D eigenvalue weighted by atomic mass is 16.5. The van der Waals surface area contributed by atoms with E-state index in [1.807, 2.05) is 0 Å². The predicted octanol–water partition coefficient (Wildman–Crippen LogP) is -0.303. The van der Waals surface area contributed by atoms with E-state index >= 15 is 0 Å². The van der Waals surface area contributed by atoms with E-state index in [-0.39, 0.29) is 5.95 Å². The number of hydrogen-bond acceptors (Lipinski definition) is 5. The van der Waals surface area contributed by atoms with Gasteiger partial charge in [-0.3, -0.25) is 5.21 Å². The average Bonchev–Trinajstić information content (AvgIpc) is 1.90. The summed E-state index contributed by atoms with van der Waals surface area (Å²) < 4.78 is 0. The molecule has 1 aromatic rings. The van der Waals surface area contributed by atoms with Crippen molar-refractivity contribution in [2.24, 2.45) is 0 Å². The molecule has 1 rings (SSSR count). The first-order chi connectivity index (χ1) is 4.30. The normalized spacial score (nSPS) is 9.11. The molecule has 1 aromatic heterocycles. The van der Waals surface area contributed by atoms with Crippen LogP contribution < -0.4 is 5.06 Å². The Morgan fingerprint density at radius 2 is 2.00 bits per heavy atom. The van der Waals surface area contributed by atoms with E-state index < -0.39 is 0 Å². The SMILES string of the molecule is CN(O)c1ncncn1. The summed E-state index contributed by atoms with van der Waals surface area (Å²) in [6, 6.07) is 0. The molecule has 1 heterocycles. The monoisotopic (exact) mass is 126 g/mol. The van der Waals surface area contributed by atoms with E-state index in [2.05, 4.69) is 15.0 Å². The zero-order chi connectivity index (χ0) is 6.69. The minimum Gasteiger partial charge on any atom is -0.286 e. The summed E-state index contributed by atoms with van der Waals surface area (Å²) in [5.74, 6) is 0.241. The molecule has 0 bridgehead atoms. The molecule has 0 saturated heterocycles. The fourth-order valence-corrected chi connectivity index (χ4v) is 0.400. The fourth-order valence-electron chi connectivity index (χ4n) is 0.400. The lowest BCUT2D eigenvalue weighted by atomic mass is 10.9. The van der Waals surface area contributed by atoms with Crippen LogP contribution in [-0.2, 0) is 0 Å². The zero-order valence-electron chi connectivity index (χ0n) is 4.89. The van der Waals surface area contributed by atoms with Gasteiger partial charge in [-0.2, -0.15) is 9.97 Å². The molecule has 0 spiro atoms. The van der Waals surface area contributed by atoms with Gasteiger partial charge in [0.05, 0.1) is 0 Å². The zero-order valence-corrected chi connectivity index (χ0v) is 4.89. The van der Waals surface area contributed by atoms with Crippen LogP contribution in [-0.4, -0.2) is 27.2 Å². The first kappa shape index (κ1) is 5.90. The third kappa shape index (κ3) is 1.33. The molecule has 0 fully saturated rings. The Morgan fingerprint density at radius 3 is 2.33 bits per heavy atom. The van der Waals surface area contributed by atoms with Crippen molar-refractivity contribution >= 4 is 5.95 Å². The van der Waals surface area contributed by atoms with E-state index in [0.717, 1.165) is 5.06 Å². The summed E-state index contributed by atoms with van der Waals surface area (Å²) in [5.41, 5.74) is 0. The van der Waals surface area contributed by atoms with E-state index in [1.54, 1.807) is 0 Å². The van der Waals surface area contributed by atoms with Crippen molar-refractivity contribution in [2.75, 3.05) is 12.1 Å². The quantitative estimate of drug-likeness (QED) is 0.523. The fraction of sp³-hybridized carbons (Fsp3) is 0.250. The van der Waals surface area contributed by atoms with Gasteiger partial charge in [0.2, 0.25) is 0 Å². The molecular formula is C4H6N4O. The molecule has 48 valence electrons. The van der Waals surface area contributed by atoms with Crippen molar-refractivity contribution in [3.63, 3.8) is 0 Å². The van der Waals surface area contributed by atoms with Crippen LogP contribution in [0.4, 0.5) is 5.95 Å². The smallest absolute Gasteiger partial charge is 0.252 e. The number of rotatable bonds is 1. The Kier molecular flexibility index (Phi) is 1.55. The first-order valence-electron chi connectivity index (χ1n) is 2.35. The minimum atomic E-state index is 0.241. The number of aromatic nitrogens is 3. The molecule has 5 heteroatoms. The van der Waals surface area contributed by atoms with Crippen molar-refractivity contribution in [2.45, 2.75) is 0 Å². The van der Waals surface area contributed by atoms with Gasteiger partial charge < -0.3 is 0 Å². The Balaban J connectivity index is 2.85. The molecule has 0 radical (unpaired) electrons. The van der Waals surface area contributed by atoms with Crippen LogP contribution in [0.1, 0.15) is 0 Å². The number of hydrogen-bond donors (Lipinski definition) is 1. The lowest BCUT2D eigenvalue weighted by Gasteiger charge is -2.04. The maximum absolute atomic E-state index is 8.70. The van der Waals surface area contributed by atoms with Crippen LogP contribution in [0.5, 0.6) is 0 Å². The summed E-state index contributed by atoms with van der Waals surface area (Å²) >= 11 is 0. The average molecular weight is 126 g/mol. The molecule has 0 aliphatic carbocycles. The maximum atomic E-state index is 8.70. The third-order valence-electron chi connectivity index (χ3n) is 0.769. The van der Waals surface area contributed by atoms with Gasteiger partial charge in [-0.1, -0.05) is 0 Å². The van der Waals surface area contributed by atoms with Gasteiger partial charge >= 0.3 is 0 Å².